The van der Waals surface area contributed by atoms with Gasteiger partial charge in [0.05, 0.1) is 0 Å². The Morgan fingerprint density at radius 3 is 2.23 bits per heavy atom. The maximum absolute atomic E-state index is 14.2. The molecule has 0 aromatic heterocycles. The molecule has 0 radical (unpaired) electrons. The fraction of sp³-hybridized carbons (Fsp3) is 0.211. The number of carbonyl (C=O) groups is 1. The molecule has 0 aliphatic carbocycles. The van der Waals surface area contributed by atoms with Crippen molar-refractivity contribution in [1.82, 2.24) is 0 Å². The smallest absolute Gasteiger partial charge is 0.261 e. The van der Waals surface area contributed by atoms with E-state index in [0.29, 0.717) is 16.3 Å². The Bertz CT molecular complexity index is 853. The van der Waals surface area contributed by atoms with Crippen molar-refractivity contribution in [3.05, 3.63) is 64.7 Å². The first-order chi connectivity index (χ1) is 12.0. The van der Waals surface area contributed by atoms with Crippen LogP contribution in [0.3, 0.4) is 0 Å². The lowest BCUT2D eigenvalue weighted by molar-refractivity contribution is -0.125. The van der Waals surface area contributed by atoms with E-state index in [1.807, 2.05) is 18.3 Å². The van der Waals surface area contributed by atoms with E-state index < -0.39 is 28.9 Å². The van der Waals surface area contributed by atoms with Crippen molar-refractivity contribution in [2.24, 2.45) is 0 Å². The molecule has 0 aliphatic heterocycles. The molecule has 138 valence electrons. The molecule has 1 amide bonds. The van der Waals surface area contributed by atoms with Gasteiger partial charge in [-0.05, 0) is 45.0 Å². The van der Waals surface area contributed by atoms with Gasteiger partial charge in [-0.25, -0.2) is 13.2 Å². The topological polar surface area (TPSA) is 41.1 Å². The number of halogens is 4. The highest BCUT2D eigenvalue weighted by Crippen LogP contribution is 2.29. The van der Waals surface area contributed by atoms with E-state index in [-0.39, 0.29) is 5.69 Å². The zero-order valence-electron chi connectivity index (χ0n) is 14.5. The summed E-state index contributed by atoms with van der Waals surface area (Å²) in [5.41, 5.74) is -1.04. The largest absolute Gasteiger partial charge is 0.355 e. The number of carbonyl (C=O) groups excluding carboxylic acids is 1. The van der Waals surface area contributed by atoms with Gasteiger partial charge in [-0.15, -0.1) is 0 Å². The second-order valence-corrected chi connectivity index (χ2v) is 6.74. The maximum Gasteiger partial charge on any atom is 0.261 e. The number of aryl methyl sites for hydroxylation is 1. The van der Waals surface area contributed by atoms with E-state index in [1.54, 1.807) is 12.1 Å². The van der Waals surface area contributed by atoms with Gasteiger partial charge in [0.15, 0.2) is 17.3 Å². The van der Waals surface area contributed by atoms with Crippen LogP contribution in [0.2, 0.25) is 5.02 Å². The second kappa shape index (κ2) is 7.41. The molecule has 2 N–H and O–H groups in total. The van der Waals surface area contributed by atoms with Crippen molar-refractivity contribution in [3.63, 3.8) is 0 Å². The fourth-order valence-electron chi connectivity index (χ4n) is 2.14. The summed E-state index contributed by atoms with van der Waals surface area (Å²) in [4.78, 5) is 11.6. The van der Waals surface area contributed by atoms with Crippen molar-refractivity contribution in [2.75, 3.05) is 10.6 Å². The van der Waals surface area contributed by atoms with Crippen LogP contribution in [0.15, 0.2) is 36.9 Å². The molecule has 0 aliphatic rings. The van der Waals surface area contributed by atoms with Gasteiger partial charge in [-0.2, -0.15) is 0 Å². The van der Waals surface area contributed by atoms with Crippen molar-refractivity contribution >= 4 is 34.6 Å². The Hall–Kier alpha value is -2.47. The van der Waals surface area contributed by atoms with Gasteiger partial charge in [0.25, 0.3) is 5.91 Å². The van der Waals surface area contributed by atoms with Crippen molar-refractivity contribution in [2.45, 2.75) is 26.4 Å². The van der Waals surface area contributed by atoms with Crippen LogP contribution in [0.4, 0.5) is 24.5 Å². The van der Waals surface area contributed by atoms with Crippen LogP contribution in [0.25, 0.3) is 5.70 Å². The minimum absolute atomic E-state index is 0.0695. The Kier molecular flexibility index (Phi) is 5.66. The number of alkyl halides is 1. The van der Waals surface area contributed by atoms with Crippen LogP contribution < -0.4 is 10.6 Å². The van der Waals surface area contributed by atoms with E-state index >= 15 is 0 Å². The Labute approximate surface area is 154 Å². The van der Waals surface area contributed by atoms with Gasteiger partial charge in [-0.1, -0.05) is 29.8 Å². The number of hydrogen-bond donors (Lipinski definition) is 2. The van der Waals surface area contributed by atoms with E-state index in [9.17, 15) is 18.0 Å². The lowest BCUT2D eigenvalue weighted by Crippen LogP contribution is -2.33. The molecular weight excluding hydrogens is 365 g/mol. The average molecular weight is 383 g/mol. The molecule has 0 saturated heterocycles. The monoisotopic (exact) mass is 382 g/mol. The van der Waals surface area contributed by atoms with Gasteiger partial charge >= 0.3 is 0 Å². The maximum atomic E-state index is 14.2. The lowest BCUT2D eigenvalue weighted by Gasteiger charge is -2.17. The predicted octanol–water partition coefficient (Wildman–Crippen LogP) is 5.70. The van der Waals surface area contributed by atoms with Crippen LogP contribution in [0.5, 0.6) is 0 Å². The van der Waals surface area contributed by atoms with E-state index in [1.165, 1.54) is 0 Å². The molecule has 2 aromatic rings. The van der Waals surface area contributed by atoms with Gasteiger partial charge in [0.1, 0.15) is 5.69 Å². The number of rotatable bonds is 5. The second-order valence-electron chi connectivity index (χ2n) is 6.33. The van der Waals surface area contributed by atoms with Crippen molar-refractivity contribution < 1.29 is 18.0 Å². The molecule has 26 heavy (non-hydrogen) atoms. The number of nitrogens with one attached hydrogen (secondary N) is 2. The highest BCUT2D eigenvalue weighted by molar-refractivity contribution is 6.32. The zero-order valence-corrected chi connectivity index (χ0v) is 15.3. The first-order valence-corrected chi connectivity index (χ1v) is 8.08. The zero-order chi connectivity index (χ0) is 19.6. The Balaban J connectivity index is 2.26. The molecule has 2 rings (SSSR count). The Morgan fingerprint density at radius 1 is 1.12 bits per heavy atom. The van der Waals surface area contributed by atoms with E-state index in [2.05, 4.69) is 11.9 Å². The molecule has 2 aromatic carbocycles. The number of anilines is 2. The van der Waals surface area contributed by atoms with Gasteiger partial charge in [0.2, 0.25) is 0 Å². The Morgan fingerprint density at radius 2 is 1.69 bits per heavy atom. The van der Waals surface area contributed by atoms with Crippen LogP contribution >= 0.6 is 11.6 Å². The minimum atomic E-state index is -2.27. The number of hydrogen-bond acceptors (Lipinski definition) is 2. The number of benzene rings is 2. The molecule has 3 nitrogen and oxygen atoms in total. The minimum Gasteiger partial charge on any atom is -0.355 e. The summed E-state index contributed by atoms with van der Waals surface area (Å²) in [7, 11) is 0. The van der Waals surface area contributed by atoms with Gasteiger partial charge < -0.3 is 10.6 Å². The van der Waals surface area contributed by atoms with E-state index in [0.717, 1.165) is 31.5 Å². The summed E-state index contributed by atoms with van der Waals surface area (Å²) in [5.74, 6) is -3.24. The summed E-state index contributed by atoms with van der Waals surface area (Å²) in [5, 5.41) is 5.12. The molecule has 0 heterocycles. The average Bonchev–Trinajstić information content (AvgIpc) is 2.52. The summed E-state index contributed by atoms with van der Waals surface area (Å²) in [6.07, 6.45) is 0. The standard InChI is InChI=1S/C19H18ClF3N2O/c1-10-5-6-14(20)13(7-10)11(2)24-12-8-15(21)17(16(22)9-12)25-18(26)19(3,4)23/h5-9,24H,2H2,1,3-4H3,(H,25,26). The summed E-state index contributed by atoms with van der Waals surface area (Å²) in [6.45, 7) is 7.68. The normalized spacial score (nSPS) is 11.2. The molecule has 0 atom stereocenters. The summed E-state index contributed by atoms with van der Waals surface area (Å²) < 4.78 is 41.9. The first-order valence-electron chi connectivity index (χ1n) is 7.71. The van der Waals surface area contributed by atoms with Crippen LogP contribution in [0, 0.1) is 18.6 Å². The summed E-state index contributed by atoms with van der Waals surface area (Å²) in [6, 6.07) is 7.24. The molecular formula is C19H18ClF3N2O. The van der Waals surface area contributed by atoms with Gasteiger partial charge in [-0.3, -0.25) is 4.79 Å². The highest BCUT2D eigenvalue weighted by atomic mass is 35.5. The fourth-order valence-corrected chi connectivity index (χ4v) is 2.37. The lowest BCUT2D eigenvalue weighted by atomic mass is 10.1. The first kappa shape index (κ1) is 19.8. The van der Waals surface area contributed by atoms with Crippen LogP contribution in [0.1, 0.15) is 25.0 Å². The molecule has 7 heteroatoms. The quantitative estimate of drug-likeness (QED) is 0.696. The SMILES string of the molecule is C=C(Nc1cc(F)c(NC(=O)C(C)(C)F)c(F)c1)c1cc(C)ccc1Cl. The van der Waals surface area contributed by atoms with Crippen molar-refractivity contribution in [1.29, 1.82) is 0 Å². The third-order valence-electron chi connectivity index (χ3n) is 3.56. The molecule has 0 spiro atoms. The highest BCUT2D eigenvalue weighted by Gasteiger charge is 2.28. The molecule has 0 unspecified atom stereocenters. The third kappa shape index (κ3) is 4.58. The van der Waals surface area contributed by atoms with Gasteiger partial charge in [0, 0.05) is 22.0 Å². The predicted molar refractivity (Wildman–Crippen MR) is 99.0 cm³/mol. The van der Waals surface area contributed by atoms with Crippen molar-refractivity contribution in [3.8, 4) is 0 Å². The molecule has 0 fully saturated rings. The molecule has 0 saturated carbocycles. The molecule has 0 bridgehead atoms. The number of amides is 1. The third-order valence-corrected chi connectivity index (χ3v) is 3.89. The van der Waals surface area contributed by atoms with E-state index in [4.69, 9.17) is 11.6 Å². The van der Waals surface area contributed by atoms with Crippen LogP contribution in [-0.4, -0.2) is 11.6 Å². The van der Waals surface area contributed by atoms with Crippen LogP contribution in [-0.2, 0) is 4.79 Å². The summed E-state index contributed by atoms with van der Waals surface area (Å²) >= 11 is 6.11.